The number of rotatable bonds is 1. The lowest BCUT2D eigenvalue weighted by atomic mass is 10.0. The number of nitrogens with zero attached hydrogens (tertiary/aromatic N) is 2. The largest absolute Gasteiger partial charge is 0.357 e. The molecule has 5 nitrogen and oxygen atoms in total. The van der Waals surface area contributed by atoms with Crippen molar-refractivity contribution in [2.75, 3.05) is 26.7 Å². The quantitative estimate of drug-likeness (QED) is 0.763. The Kier molecular flexibility index (Phi) is 4.44. The normalized spacial score (nSPS) is 24.8. The lowest BCUT2D eigenvalue weighted by Crippen LogP contribution is -2.56. The molecule has 1 N–H and O–H groups in total. The second kappa shape index (κ2) is 6.07. The van der Waals surface area contributed by atoms with Crippen LogP contribution in [0.3, 0.4) is 0 Å². The number of likely N-dealkylation sites (tertiary alicyclic amines) is 2. The molecule has 1 atom stereocenters. The van der Waals surface area contributed by atoms with Gasteiger partial charge in [0.1, 0.15) is 6.04 Å². The van der Waals surface area contributed by atoms with E-state index in [1.54, 1.807) is 11.9 Å². The average molecular weight is 253 g/mol. The zero-order valence-corrected chi connectivity index (χ0v) is 11.2. The van der Waals surface area contributed by atoms with Gasteiger partial charge in [-0.25, -0.2) is 4.79 Å². The highest BCUT2D eigenvalue weighted by Gasteiger charge is 2.34. The maximum Gasteiger partial charge on any atom is 0.320 e. The number of carbonyl (C=O) groups excluding carboxylic acids is 2. The summed E-state index contributed by atoms with van der Waals surface area (Å²) in [5.41, 5.74) is 0. The average Bonchev–Trinajstić information content (AvgIpc) is 2.46. The van der Waals surface area contributed by atoms with Gasteiger partial charge in [0.25, 0.3) is 0 Å². The number of hydrogen-bond donors (Lipinski definition) is 1. The second-order valence-corrected chi connectivity index (χ2v) is 5.15. The summed E-state index contributed by atoms with van der Waals surface area (Å²) < 4.78 is 0. The molecule has 102 valence electrons. The molecule has 1 unspecified atom stereocenters. The molecule has 3 amide bonds. The minimum atomic E-state index is -0.266. The van der Waals surface area contributed by atoms with E-state index in [2.05, 4.69) is 5.32 Å². The van der Waals surface area contributed by atoms with Crippen LogP contribution in [0, 0.1) is 0 Å². The third-order valence-electron chi connectivity index (χ3n) is 3.92. The van der Waals surface area contributed by atoms with Crippen molar-refractivity contribution in [3.05, 3.63) is 0 Å². The van der Waals surface area contributed by atoms with E-state index in [1.165, 1.54) is 6.42 Å². The monoisotopic (exact) mass is 253 g/mol. The van der Waals surface area contributed by atoms with Crippen LogP contribution >= 0.6 is 0 Å². The first-order valence-corrected chi connectivity index (χ1v) is 7.01. The van der Waals surface area contributed by atoms with E-state index in [9.17, 15) is 9.59 Å². The summed E-state index contributed by atoms with van der Waals surface area (Å²) in [7, 11) is 1.64. The molecule has 0 aromatic heterocycles. The topological polar surface area (TPSA) is 52.7 Å². The van der Waals surface area contributed by atoms with Crippen LogP contribution in [-0.4, -0.2) is 54.5 Å². The van der Waals surface area contributed by atoms with Crippen molar-refractivity contribution in [3.63, 3.8) is 0 Å². The Balaban J connectivity index is 2.03. The molecule has 18 heavy (non-hydrogen) atoms. The Bertz CT molecular complexity index is 313. The van der Waals surface area contributed by atoms with Crippen molar-refractivity contribution in [1.29, 1.82) is 0 Å². The smallest absolute Gasteiger partial charge is 0.320 e. The van der Waals surface area contributed by atoms with Gasteiger partial charge >= 0.3 is 6.03 Å². The van der Waals surface area contributed by atoms with Crippen molar-refractivity contribution in [2.45, 2.75) is 44.6 Å². The summed E-state index contributed by atoms with van der Waals surface area (Å²) >= 11 is 0. The van der Waals surface area contributed by atoms with Crippen LogP contribution < -0.4 is 5.32 Å². The van der Waals surface area contributed by atoms with E-state index in [0.717, 1.165) is 45.2 Å². The molecule has 2 saturated heterocycles. The van der Waals surface area contributed by atoms with Crippen LogP contribution in [-0.2, 0) is 4.79 Å². The summed E-state index contributed by atoms with van der Waals surface area (Å²) in [4.78, 5) is 28.0. The Morgan fingerprint density at radius 1 is 1.00 bits per heavy atom. The van der Waals surface area contributed by atoms with Crippen LogP contribution in [0.15, 0.2) is 0 Å². The minimum Gasteiger partial charge on any atom is -0.357 e. The molecule has 2 heterocycles. The van der Waals surface area contributed by atoms with E-state index in [0.29, 0.717) is 6.54 Å². The van der Waals surface area contributed by atoms with Crippen LogP contribution in [0.5, 0.6) is 0 Å². The predicted molar refractivity (Wildman–Crippen MR) is 69.2 cm³/mol. The van der Waals surface area contributed by atoms with E-state index in [1.807, 2.05) is 4.90 Å². The van der Waals surface area contributed by atoms with Gasteiger partial charge in [0, 0.05) is 26.7 Å². The maximum absolute atomic E-state index is 12.5. The Morgan fingerprint density at radius 3 is 2.33 bits per heavy atom. The van der Waals surface area contributed by atoms with Crippen molar-refractivity contribution >= 4 is 11.9 Å². The first kappa shape index (κ1) is 13.2. The summed E-state index contributed by atoms with van der Waals surface area (Å²) in [5.74, 6) is -0.0277. The molecule has 0 spiro atoms. The summed E-state index contributed by atoms with van der Waals surface area (Å²) in [6, 6.07) is -0.207. The van der Waals surface area contributed by atoms with E-state index >= 15 is 0 Å². The van der Waals surface area contributed by atoms with Gasteiger partial charge in [0.2, 0.25) is 5.91 Å². The molecule has 5 heteroatoms. The van der Waals surface area contributed by atoms with Crippen LogP contribution in [0.4, 0.5) is 4.79 Å². The lowest BCUT2D eigenvalue weighted by molar-refractivity contribution is -0.126. The third kappa shape index (κ3) is 2.76. The zero-order chi connectivity index (χ0) is 13.0. The Morgan fingerprint density at radius 2 is 1.67 bits per heavy atom. The Labute approximate surface area is 108 Å². The van der Waals surface area contributed by atoms with Gasteiger partial charge in [0.15, 0.2) is 0 Å². The third-order valence-corrected chi connectivity index (χ3v) is 3.92. The molecular weight excluding hydrogens is 230 g/mol. The van der Waals surface area contributed by atoms with Crippen molar-refractivity contribution < 1.29 is 9.59 Å². The number of nitrogens with one attached hydrogen (secondary N) is 1. The van der Waals surface area contributed by atoms with Crippen molar-refractivity contribution in [2.24, 2.45) is 0 Å². The lowest BCUT2D eigenvalue weighted by Gasteiger charge is -2.39. The number of urea groups is 1. The SMILES string of the molecule is CNC(=O)C1CCCCN1C(=O)N1CCCCC1. The number of amides is 3. The fourth-order valence-electron chi connectivity index (χ4n) is 2.87. The van der Waals surface area contributed by atoms with Gasteiger partial charge in [0.05, 0.1) is 0 Å². The first-order chi connectivity index (χ1) is 8.74. The molecular formula is C13H23N3O2. The number of likely N-dealkylation sites (N-methyl/N-ethyl adjacent to an activating group) is 1. The molecule has 2 rings (SSSR count). The molecule has 0 bridgehead atoms. The molecule has 0 saturated carbocycles. The fourth-order valence-corrected chi connectivity index (χ4v) is 2.87. The van der Waals surface area contributed by atoms with Crippen LogP contribution in [0.25, 0.3) is 0 Å². The standard InChI is InChI=1S/C13H23N3O2/c1-14-12(17)11-7-3-6-10-16(11)13(18)15-8-4-2-5-9-15/h11H,2-10H2,1H3,(H,14,17). The Hall–Kier alpha value is -1.26. The van der Waals surface area contributed by atoms with Gasteiger partial charge in [-0.1, -0.05) is 0 Å². The van der Waals surface area contributed by atoms with Gasteiger partial charge in [-0.15, -0.1) is 0 Å². The fraction of sp³-hybridized carbons (Fsp3) is 0.846. The summed E-state index contributed by atoms with van der Waals surface area (Å²) in [5, 5.41) is 2.67. The molecule has 2 aliphatic heterocycles. The number of hydrogen-bond acceptors (Lipinski definition) is 2. The van der Waals surface area contributed by atoms with Gasteiger partial charge < -0.3 is 15.1 Å². The number of piperidine rings is 2. The summed E-state index contributed by atoms with van der Waals surface area (Å²) in [6.45, 7) is 2.40. The molecule has 2 aliphatic rings. The molecule has 0 aromatic carbocycles. The van der Waals surface area contributed by atoms with Crippen LogP contribution in [0.1, 0.15) is 38.5 Å². The number of carbonyl (C=O) groups is 2. The van der Waals surface area contributed by atoms with Crippen molar-refractivity contribution in [1.82, 2.24) is 15.1 Å². The highest BCUT2D eigenvalue weighted by atomic mass is 16.2. The maximum atomic E-state index is 12.5. The van der Waals surface area contributed by atoms with Crippen molar-refractivity contribution in [3.8, 4) is 0 Å². The minimum absolute atomic E-state index is 0.0277. The van der Waals surface area contributed by atoms with Crippen LogP contribution in [0.2, 0.25) is 0 Å². The van der Waals surface area contributed by atoms with E-state index in [4.69, 9.17) is 0 Å². The molecule has 0 aromatic rings. The highest BCUT2D eigenvalue weighted by molar-refractivity contribution is 5.87. The first-order valence-electron chi connectivity index (χ1n) is 7.01. The molecule has 2 fully saturated rings. The highest BCUT2D eigenvalue weighted by Crippen LogP contribution is 2.20. The summed E-state index contributed by atoms with van der Waals surface area (Å²) in [6.07, 6.45) is 6.21. The predicted octanol–water partition coefficient (Wildman–Crippen LogP) is 1.19. The van der Waals surface area contributed by atoms with E-state index < -0.39 is 0 Å². The van der Waals surface area contributed by atoms with E-state index in [-0.39, 0.29) is 18.0 Å². The second-order valence-electron chi connectivity index (χ2n) is 5.15. The van der Waals surface area contributed by atoms with Gasteiger partial charge in [-0.2, -0.15) is 0 Å². The van der Waals surface area contributed by atoms with Gasteiger partial charge in [-0.05, 0) is 38.5 Å². The van der Waals surface area contributed by atoms with Gasteiger partial charge in [-0.3, -0.25) is 4.79 Å². The molecule has 0 aliphatic carbocycles. The molecule has 0 radical (unpaired) electrons. The zero-order valence-electron chi connectivity index (χ0n) is 11.2.